The molecule has 208 valence electrons. The fraction of sp³-hybridized carbons (Fsp3) is 0.310. The van der Waals surface area contributed by atoms with Crippen LogP contribution in [0.15, 0.2) is 71.6 Å². The molecule has 0 aliphatic rings. The molecule has 0 heterocycles. The van der Waals surface area contributed by atoms with Crippen LogP contribution in [0.2, 0.25) is 5.02 Å². The minimum Gasteiger partial charge on any atom is -0.354 e. The number of anilines is 1. The standard InChI is InChI=1S/C29H33ClFN3O4S/c1-5-16-32-29(36)22(4)33(18-23-8-6-7-9-27(23)31)28(35)19-34(24-13-12-21(3)26(30)17-24)39(37,38)25-14-10-20(2)11-15-25/h6-15,17,22H,5,16,18-19H2,1-4H3,(H,32,36)/t22-/m0/s1. The second-order valence-corrected chi connectivity index (χ2v) is 11.6. The molecule has 0 spiro atoms. The summed E-state index contributed by atoms with van der Waals surface area (Å²) < 4.78 is 43.2. The number of carbonyl (C=O) groups excluding carboxylic acids is 2. The minimum atomic E-state index is -4.22. The number of benzene rings is 3. The molecule has 10 heteroatoms. The van der Waals surface area contributed by atoms with Crippen molar-refractivity contribution in [3.05, 3.63) is 94.3 Å². The Bertz CT molecular complexity index is 1430. The normalized spacial score (nSPS) is 12.1. The third-order valence-electron chi connectivity index (χ3n) is 6.35. The number of sulfonamides is 1. The van der Waals surface area contributed by atoms with Crippen molar-refractivity contribution in [3.63, 3.8) is 0 Å². The highest BCUT2D eigenvalue weighted by molar-refractivity contribution is 7.92. The molecule has 1 N–H and O–H groups in total. The first-order valence-electron chi connectivity index (χ1n) is 12.6. The van der Waals surface area contributed by atoms with Gasteiger partial charge in [0.25, 0.3) is 10.0 Å². The summed E-state index contributed by atoms with van der Waals surface area (Å²) in [6, 6.07) is 15.9. The molecule has 0 saturated heterocycles. The van der Waals surface area contributed by atoms with Crippen LogP contribution in [0.1, 0.15) is 37.0 Å². The van der Waals surface area contributed by atoms with Crippen LogP contribution in [0.4, 0.5) is 10.1 Å². The fourth-order valence-electron chi connectivity index (χ4n) is 3.89. The van der Waals surface area contributed by atoms with Crippen LogP contribution < -0.4 is 9.62 Å². The lowest BCUT2D eigenvalue weighted by atomic mass is 10.1. The van der Waals surface area contributed by atoms with E-state index in [9.17, 15) is 22.4 Å². The molecule has 3 aromatic rings. The lowest BCUT2D eigenvalue weighted by Crippen LogP contribution is -2.51. The smallest absolute Gasteiger partial charge is 0.264 e. The van der Waals surface area contributed by atoms with Crippen molar-refractivity contribution in [1.29, 1.82) is 0 Å². The molecule has 39 heavy (non-hydrogen) atoms. The van der Waals surface area contributed by atoms with Crippen LogP contribution in [0, 0.1) is 19.7 Å². The van der Waals surface area contributed by atoms with Crippen LogP contribution in [0.3, 0.4) is 0 Å². The Balaban J connectivity index is 2.05. The molecule has 0 aliphatic heterocycles. The molecule has 0 saturated carbocycles. The maximum atomic E-state index is 14.6. The van der Waals surface area contributed by atoms with Gasteiger partial charge in [0, 0.05) is 23.7 Å². The van der Waals surface area contributed by atoms with Gasteiger partial charge in [0.15, 0.2) is 0 Å². The molecule has 2 amide bonds. The minimum absolute atomic E-state index is 0.00742. The summed E-state index contributed by atoms with van der Waals surface area (Å²) in [7, 11) is -4.22. The van der Waals surface area contributed by atoms with Gasteiger partial charge >= 0.3 is 0 Å². The molecule has 0 aromatic heterocycles. The van der Waals surface area contributed by atoms with Gasteiger partial charge < -0.3 is 10.2 Å². The van der Waals surface area contributed by atoms with E-state index in [1.165, 1.54) is 48.2 Å². The molecule has 0 bridgehead atoms. The van der Waals surface area contributed by atoms with Gasteiger partial charge in [-0.1, -0.05) is 60.5 Å². The molecule has 0 fully saturated rings. The second-order valence-electron chi connectivity index (χ2n) is 9.34. The van der Waals surface area contributed by atoms with Gasteiger partial charge in [-0.3, -0.25) is 13.9 Å². The zero-order valence-electron chi connectivity index (χ0n) is 22.4. The summed E-state index contributed by atoms with van der Waals surface area (Å²) >= 11 is 6.33. The number of hydrogen-bond donors (Lipinski definition) is 1. The van der Waals surface area contributed by atoms with Crippen molar-refractivity contribution in [2.45, 2.75) is 51.6 Å². The lowest BCUT2D eigenvalue weighted by molar-refractivity contribution is -0.139. The first-order valence-corrected chi connectivity index (χ1v) is 14.4. The Morgan fingerprint density at radius 2 is 1.69 bits per heavy atom. The Labute approximate surface area is 234 Å². The Hall–Kier alpha value is -3.43. The highest BCUT2D eigenvalue weighted by Gasteiger charge is 2.33. The maximum absolute atomic E-state index is 14.6. The number of carbonyl (C=O) groups is 2. The van der Waals surface area contributed by atoms with E-state index in [1.54, 1.807) is 37.3 Å². The van der Waals surface area contributed by atoms with Gasteiger partial charge in [0.2, 0.25) is 11.8 Å². The third-order valence-corrected chi connectivity index (χ3v) is 8.54. The monoisotopic (exact) mass is 573 g/mol. The molecule has 3 aromatic carbocycles. The van der Waals surface area contributed by atoms with Crippen LogP contribution in [-0.4, -0.2) is 44.3 Å². The average molecular weight is 574 g/mol. The molecule has 3 rings (SSSR count). The van der Waals surface area contributed by atoms with Gasteiger partial charge in [0.1, 0.15) is 18.4 Å². The van der Waals surface area contributed by atoms with E-state index in [0.717, 1.165) is 15.4 Å². The van der Waals surface area contributed by atoms with E-state index in [-0.39, 0.29) is 22.7 Å². The zero-order valence-corrected chi connectivity index (χ0v) is 24.0. The van der Waals surface area contributed by atoms with Crippen LogP contribution in [0.5, 0.6) is 0 Å². The maximum Gasteiger partial charge on any atom is 0.264 e. The fourth-order valence-corrected chi connectivity index (χ4v) is 5.47. The third kappa shape index (κ3) is 7.36. The first-order chi connectivity index (χ1) is 18.4. The Kier molecular flexibility index (Phi) is 10.1. The Morgan fingerprint density at radius 3 is 2.31 bits per heavy atom. The highest BCUT2D eigenvalue weighted by Crippen LogP contribution is 2.29. The molecule has 0 aliphatic carbocycles. The van der Waals surface area contributed by atoms with Crippen molar-refractivity contribution in [2.24, 2.45) is 0 Å². The summed E-state index contributed by atoms with van der Waals surface area (Å²) in [5.74, 6) is -1.64. The number of nitrogens with one attached hydrogen (secondary N) is 1. The molecule has 7 nitrogen and oxygen atoms in total. The first kappa shape index (κ1) is 30.1. The van der Waals surface area contributed by atoms with Crippen molar-refractivity contribution >= 4 is 39.1 Å². The number of halogens is 2. The van der Waals surface area contributed by atoms with Crippen molar-refractivity contribution in [2.75, 3.05) is 17.4 Å². The van der Waals surface area contributed by atoms with Crippen LogP contribution >= 0.6 is 11.6 Å². The van der Waals surface area contributed by atoms with Crippen molar-refractivity contribution < 1.29 is 22.4 Å². The predicted molar refractivity (Wildman–Crippen MR) is 152 cm³/mol. The van der Waals surface area contributed by atoms with Crippen LogP contribution in [0.25, 0.3) is 0 Å². The van der Waals surface area contributed by atoms with Gasteiger partial charge in [-0.25, -0.2) is 12.8 Å². The topological polar surface area (TPSA) is 86.8 Å². The number of rotatable bonds is 11. The van der Waals surface area contributed by atoms with Crippen LogP contribution in [-0.2, 0) is 26.2 Å². The van der Waals surface area contributed by atoms with Gasteiger partial charge in [0.05, 0.1) is 10.6 Å². The van der Waals surface area contributed by atoms with E-state index in [4.69, 9.17) is 11.6 Å². The van der Waals surface area contributed by atoms with Gasteiger partial charge in [-0.15, -0.1) is 0 Å². The van der Waals surface area contributed by atoms with E-state index < -0.39 is 40.2 Å². The second kappa shape index (κ2) is 13.1. The summed E-state index contributed by atoms with van der Waals surface area (Å²) in [5.41, 5.74) is 2.00. The average Bonchev–Trinajstić information content (AvgIpc) is 2.91. The van der Waals surface area contributed by atoms with Crippen molar-refractivity contribution in [1.82, 2.24) is 10.2 Å². The molecule has 0 radical (unpaired) electrons. The van der Waals surface area contributed by atoms with E-state index in [2.05, 4.69) is 5.32 Å². The Morgan fingerprint density at radius 1 is 1.03 bits per heavy atom. The number of amides is 2. The van der Waals surface area contributed by atoms with Crippen molar-refractivity contribution in [3.8, 4) is 0 Å². The summed E-state index contributed by atoms with van der Waals surface area (Å²) in [6.45, 7) is 6.60. The molecular formula is C29H33ClFN3O4S. The zero-order chi connectivity index (χ0) is 28.7. The van der Waals surface area contributed by atoms with Gasteiger partial charge in [-0.2, -0.15) is 0 Å². The largest absolute Gasteiger partial charge is 0.354 e. The lowest BCUT2D eigenvalue weighted by Gasteiger charge is -2.32. The SMILES string of the molecule is CCCNC(=O)[C@H](C)N(Cc1ccccc1F)C(=O)CN(c1ccc(C)c(Cl)c1)S(=O)(=O)c1ccc(C)cc1. The summed E-state index contributed by atoms with van der Waals surface area (Å²) in [5, 5.41) is 3.08. The molecule has 0 unspecified atom stereocenters. The number of hydrogen-bond acceptors (Lipinski definition) is 4. The molecular weight excluding hydrogens is 541 g/mol. The van der Waals surface area contributed by atoms with E-state index >= 15 is 0 Å². The number of nitrogens with zero attached hydrogens (tertiary/aromatic N) is 2. The highest BCUT2D eigenvalue weighted by atomic mass is 35.5. The predicted octanol–water partition coefficient (Wildman–Crippen LogP) is 5.23. The number of aryl methyl sites for hydroxylation is 2. The van der Waals surface area contributed by atoms with E-state index in [0.29, 0.717) is 18.0 Å². The molecule has 1 atom stereocenters. The summed E-state index contributed by atoms with van der Waals surface area (Å²) in [4.78, 5) is 27.9. The van der Waals surface area contributed by atoms with Gasteiger partial charge in [-0.05, 0) is 63.1 Å². The van der Waals surface area contributed by atoms with E-state index in [1.807, 2.05) is 13.8 Å². The summed E-state index contributed by atoms with van der Waals surface area (Å²) in [6.07, 6.45) is 0.691. The quantitative estimate of drug-likeness (QED) is 0.340.